The molecule has 0 N–H and O–H groups in total. The van der Waals surface area contributed by atoms with E-state index in [9.17, 15) is 8.78 Å². The lowest BCUT2D eigenvalue weighted by atomic mass is 10.2. The van der Waals surface area contributed by atoms with Gasteiger partial charge in [-0.25, -0.2) is 23.7 Å². The Labute approximate surface area is 176 Å². The van der Waals surface area contributed by atoms with Crippen molar-refractivity contribution in [2.75, 3.05) is 7.11 Å². The number of aryl methyl sites for hydroxylation is 1. The summed E-state index contributed by atoms with van der Waals surface area (Å²) < 4.78 is 36.2. The zero-order valence-electron chi connectivity index (χ0n) is 16.9. The molecule has 4 heterocycles. The number of halogens is 2. The summed E-state index contributed by atoms with van der Waals surface area (Å²) in [6.45, 7) is 2.47. The highest BCUT2D eigenvalue weighted by molar-refractivity contribution is 5.78. The number of ether oxygens (including phenoxy) is 1. The third kappa shape index (κ3) is 3.53. The topological polar surface area (TPSA) is 70.7 Å². The Hall–Kier alpha value is -3.72. The minimum absolute atomic E-state index is 0.270. The highest BCUT2D eigenvalue weighted by atomic mass is 19.1. The van der Waals surface area contributed by atoms with Crippen LogP contribution in [-0.4, -0.2) is 36.2 Å². The number of fused-ring (bicyclic) bond motifs is 2. The number of nitrogens with zero attached hydrogens (tertiary/aromatic N) is 6. The zero-order chi connectivity index (χ0) is 21.5. The molecule has 0 aliphatic carbocycles. The quantitative estimate of drug-likeness (QED) is 0.431. The molecule has 0 radical (unpaired) electrons. The van der Waals surface area contributed by atoms with E-state index in [1.807, 2.05) is 34.4 Å². The van der Waals surface area contributed by atoms with Gasteiger partial charge in [-0.2, -0.15) is 0 Å². The van der Waals surface area contributed by atoms with E-state index in [0.717, 1.165) is 28.5 Å². The first-order chi connectivity index (χ1) is 15.0. The van der Waals surface area contributed by atoms with E-state index in [2.05, 4.69) is 19.9 Å². The molecule has 1 aromatic carbocycles. The first-order valence-corrected chi connectivity index (χ1v) is 9.62. The Morgan fingerprint density at radius 3 is 2.58 bits per heavy atom. The smallest absolute Gasteiger partial charge is 0.178 e. The monoisotopic (exact) mass is 420 g/mol. The molecule has 0 saturated carbocycles. The van der Waals surface area contributed by atoms with Gasteiger partial charge in [0.05, 0.1) is 35.9 Å². The van der Waals surface area contributed by atoms with Crippen molar-refractivity contribution in [1.82, 2.24) is 29.1 Å². The van der Waals surface area contributed by atoms with Gasteiger partial charge in [-0.05, 0) is 36.8 Å². The van der Waals surface area contributed by atoms with Crippen LogP contribution in [0.5, 0.6) is 0 Å². The van der Waals surface area contributed by atoms with E-state index < -0.39 is 11.6 Å². The first kappa shape index (κ1) is 19.3. The van der Waals surface area contributed by atoms with Gasteiger partial charge in [-0.3, -0.25) is 9.55 Å². The van der Waals surface area contributed by atoms with Crippen LogP contribution < -0.4 is 0 Å². The number of hydrogen-bond donors (Lipinski definition) is 0. The van der Waals surface area contributed by atoms with Gasteiger partial charge in [0.1, 0.15) is 23.0 Å². The summed E-state index contributed by atoms with van der Waals surface area (Å²) in [5, 5.41) is 0. The standard InChI is InChI=1S/C22H18F2N6O/c1-13-27-21-20(30(13)11-14-5-15(23)7-16(24)6-14)8-18(10-26-21)29-4-3-19-22(29)28-17(9-25-19)12-31-2/h3-10H,11-12H2,1-2H3. The van der Waals surface area contributed by atoms with Crippen molar-refractivity contribution in [3.63, 3.8) is 0 Å². The molecule has 4 aromatic heterocycles. The Kier molecular flexibility index (Phi) is 4.67. The van der Waals surface area contributed by atoms with Crippen LogP contribution in [0.4, 0.5) is 8.78 Å². The minimum atomic E-state index is -0.611. The molecule has 0 saturated heterocycles. The van der Waals surface area contributed by atoms with E-state index in [1.54, 1.807) is 19.5 Å². The van der Waals surface area contributed by atoms with Crippen LogP contribution in [0.25, 0.3) is 28.0 Å². The summed E-state index contributed by atoms with van der Waals surface area (Å²) >= 11 is 0. The molecular formula is C22H18F2N6O. The number of rotatable bonds is 5. The van der Waals surface area contributed by atoms with Crippen molar-refractivity contribution >= 4 is 22.3 Å². The maximum absolute atomic E-state index is 13.7. The van der Waals surface area contributed by atoms with Crippen LogP contribution in [0.15, 0.2) is 48.9 Å². The fourth-order valence-corrected chi connectivity index (χ4v) is 3.68. The molecule has 0 fully saturated rings. The van der Waals surface area contributed by atoms with Gasteiger partial charge in [0.15, 0.2) is 11.3 Å². The fraction of sp³-hybridized carbons (Fsp3) is 0.182. The van der Waals surface area contributed by atoms with Crippen LogP contribution in [0, 0.1) is 18.6 Å². The highest BCUT2D eigenvalue weighted by Crippen LogP contribution is 2.23. The molecule has 0 atom stereocenters. The van der Waals surface area contributed by atoms with Crippen LogP contribution in [0.2, 0.25) is 0 Å². The third-order valence-electron chi connectivity index (χ3n) is 5.06. The van der Waals surface area contributed by atoms with E-state index in [1.165, 1.54) is 12.1 Å². The molecule has 0 aliphatic heterocycles. The summed E-state index contributed by atoms with van der Waals surface area (Å²) in [4.78, 5) is 18.0. The lowest BCUT2D eigenvalue weighted by molar-refractivity contribution is 0.181. The van der Waals surface area contributed by atoms with Gasteiger partial charge in [0.25, 0.3) is 0 Å². The molecular weight excluding hydrogens is 402 g/mol. The molecule has 0 aliphatic rings. The van der Waals surface area contributed by atoms with Crippen molar-refractivity contribution in [1.29, 1.82) is 0 Å². The highest BCUT2D eigenvalue weighted by Gasteiger charge is 2.14. The minimum Gasteiger partial charge on any atom is -0.378 e. The zero-order valence-corrected chi connectivity index (χ0v) is 16.9. The van der Waals surface area contributed by atoms with Gasteiger partial charge in [0.2, 0.25) is 0 Å². The van der Waals surface area contributed by atoms with Gasteiger partial charge in [-0.15, -0.1) is 0 Å². The fourth-order valence-electron chi connectivity index (χ4n) is 3.68. The summed E-state index contributed by atoms with van der Waals surface area (Å²) in [5.74, 6) is -0.524. The molecule has 0 amide bonds. The summed E-state index contributed by atoms with van der Waals surface area (Å²) in [5.41, 5.74) is 4.75. The molecule has 5 rings (SSSR count). The molecule has 0 unspecified atom stereocenters. The van der Waals surface area contributed by atoms with E-state index in [-0.39, 0.29) is 6.54 Å². The molecule has 31 heavy (non-hydrogen) atoms. The molecule has 7 nitrogen and oxygen atoms in total. The Balaban J connectivity index is 1.61. The molecule has 0 spiro atoms. The number of hydrogen-bond acceptors (Lipinski definition) is 5. The average Bonchev–Trinajstić information content (AvgIpc) is 3.28. The molecule has 156 valence electrons. The normalized spacial score (nSPS) is 11.6. The van der Waals surface area contributed by atoms with Crippen molar-refractivity contribution in [2.24, 2.45) is 0 Å². The summed E-state index contributed by atoms with van der Waals surface area (Å²) in [6.07, 6.45) is 5.28. The maximum atomic E-state index is 13.7. The van der Waals surface area contributed by atoms with Crippen LogP contribution in [-0.2, 0) is 17.9 Å². The molecule has 0 bridgehead atoms. The second-order valence-electron chi connectivity index (χ2n) is 7.25. The van der Waals surface area contributed by atoms with Crippen LogP contribution in [0.1, 0.15) is 17.1 Å². The lowest BCUT2D eigenvalue weighted by Gasteiger charge is -2.09. The van der Waals surface area contributed by atoms with Crippen molar-refractivity contribution < 1.29 is 13.5 Å². The predicted octanol–water partition coefficient (Wildman–Crippen LogP) is 3.95. The average molecular weight is 420 g/mol. The van der Waals surface area contributed by atoms with E-state index >= 15 is 0 Å². The number of methoxy groups -OCH3 is 1. The number of benzene rings is 1. The van der Waals surface area contributed by atoms with E-state index in [0.29, 0.717) is 29.3 Å². The Morgan fingerprint density at radius 2 is 1.81 bits per heavy atom. The SMILES string of the molecule is COCc1cnc2ccn(-c3cnc4nc(C)n(Cc5cc(F)cc(F)c5)c4c3)c2n1. The van der Waals surface area contributed by atoms with Gasteiger partial charge >= 0.3 is 0 Å². The number of aromatic nitrogens is 6. The second kappa shape index (κ2) is 7.51. The van der Waals surface area contributed by atoms with Crippen LogP contribution >= 0.6 is 0 Å². The van der Waals surface area contributed by atoms with Crippen LogP contribution in [0.3, 0.4) is 0 Å². The summed E-state index contributed by atoms with van der Waals surface area (Å²) in [7, 11) is 1.61. The molecule has 5 aromatic rings. The number of pyridine rings is 1. The van der Waals surface area contributed by atoms with Crippen molar-refractivity contribution in [3.05, 3.63) is 77.6 Å². The Bertz CT molecular complexity index is 1400. The van der Waals surface area contributed by atoms with Gasteiger partial charge in [0, 0.05) is 25.9 Å². The largest absolute Gasteiger partial charge is 0.378 e. The first-order valence-electron chi connectivity index (χ1n) is 9.62. The maximum Gasteiger partial charge on any atom is 0.178 e. The van der Waals surface area contributed by atoms with Gasteiger partial charge < -0.3 is 9.30 Å². The lowest BCUT2D eigenvalue weighted by Crippen LogP contribution is -2.04. The number of imidazole rings is 1. The van der Waals surface area contributed by atoms with Crippen molar-refractivity contribution in [3.8, 4) is 5.69 Å². The summed E-state index contributed by atoms with van der Waals surface area (Å²) in [6, 6.07) is 7.30. The van der Waals surface area contributed by atoms with Crippen molar-refractivity contribution in [2.45, 2.75) is 20.1 Å². The predicted molar refractivity (Wildman–Crippen MR) is 111 cm³/mol. The molecule has 9 heteroatoms. The second-order valence-corrected chi connectivity index (χ2v) is 7.25. The van der Waals surface area contributed by atoms with Gasteiger partial charge in [-0.1, -0.05) is 0 Å². The van der Waals surface area contributed by atoms with E-state index in [4.69, 9.17) is 4.74 Å². The third-order valence-corrected chi connectivity index (χ3v) is 5.06. The Morgan fingerprint density at radius 1 is 1.00 bits per heavy atom.